The predicted octanol–water partition coefficient (Wildman–Crippen LogP) is 1.20. The van der Waals surface area contributed by atoms with Crippen LogP contribution in [0.4, 0.5) is 0 Å². The van der Waals surface area contributed by atoms with Crippen molar-refractivity contribution in [1.82, 2.24) is 0 Å². The van der Waals surface area contributed by atoms with E-state index in [-0.39, 0.29) is 0 Å². The van der Waals surface area contributed by atoms with E-state index in [0.717, 1.165) is 13.0 Å². The van der Waals surface area contributed by atoms with Crippen molar-refractivity contribution in [2.75, 3.05) is 6.61 Å². The summed E-state index contributed by atoms with van der Waals surface area (Å²) in [5, 5.41) is 0. The smallest absolute Gasteiger partial charge is 0.0888 e. The molecule has 0 radical (unpaired) electrons. The van der Waals surface area contributed by atoms with Gasteiger partial charge in [-0.3, -0.25) is 0 Å². The van der Waals surface area contributed by atoms with Gasteiger partial charge in [0.2, 0.25) is 0 Å². The lowest BCUT2D eigenvalue weighted by Crippen LogP contribution is -2.20. The molecule has 2 aliphatic rings. The van der Waals surface area contributed by atoms with E-state index < -0.39 is 0 Å². The van der Waals surface area contributed by atoms with Crippen molar-refractivity contribution in [2.45, 2.75) is 38.6 Å². The first kappa shape index (κ1) is 6.62. The lowest BCUT2D eigenvalue weighted by Gasteiger charge is -2.11. The Morgan fingerprint density at radius 3 is 2.80 bits per heavy atom. The van der Waals surface area contributed by atoms with Crippen LogP contribution in [0.5, 0.6) is 0 Å². The molecule has 0 bridgehead atoms. The second kappa shape index (κ2) is 2.21. The maximum Gasteiger partial charge on any atom is 0.0888 e. The summed E-state index contributed by atoms with van der Waals surface area (Å²) in [4.78, 5) is 0. The van der Waals surface area contributed by atoms with Gasteiger partial charge in [0.05, 0.1) is 24.9 Å². The van der Waals surface area contributed by atoms with E-state index in [2.05, 4.69) is 13.8 Å². The molecule has 0 spiro atoms. The lowest BCUT2D eigenvalue weighted by atomic mass is 10.0. The highest BCUT2D eigenvalue weighted by atomic mass is 16.6. The van der Waals surface area contributed by atoms with Gasteiger partial charge in [-0.05, 0) is 6.92 Å². The minimum absolute atomic E-state index is 0.398. The minimum atomic E-state index is 0.398. The van der Waals surface area contributed by atoms with Gasteiger partial charge >= 0.3 is 0 Å². The van der Waals surface area contributed by atoms with Crippen LogP contribution in [-0.2, 0) is 9.47 Å². The molecule has 2 heteroatoms. The van der Waals surface area contributed by atoms with Crippen molar-refractivity contribution in [2.24, 2.45) is 5.92 Å². The Morgan fingerprint density at radius 2 is 2.10 bits per heavy atom. The third kappa shape index (κ3) is 0.867. The quantitative estimate of drug-likeness (QED) is 0.506. The molecule has 2 saturated heterocycles. The van der Waals surface area contributed by atoms with Crippen LogP contribution >= 0.6 is 0 Å². The van der Waals surface area contributed by atoms with E-state index >= 15 is 0 Å². The van der Waals surface area contributed by atoms with Gasteiger partial charge in [0.15, 0.2) is 0 Å². The molecule has 0 aromatic heterocycles. The minimum Gasteiger partial charge on any atom is -0.375 e. The van der Waals surface area contributed by atoms with Crippen molar-refractivity contribution < 1.29 is 9.47 Å². The molecule has 0 N–H and O–H groups in total. The summed E-state index contributed by atoms with van der Waals surface area (Å²) < 4.78 is 11.2. The zero-order valence-corrected chi connectivity index (χ0v) is 6.54. The van der Waals surface area contributed by atoms with Gasteiger partial charge in [-0.25, -0.2) is 0 Å². The van der Waals surface area contributed by atoms with Crippen molar-refractivity contribution >= 4 is 0 Å². The predicted molar refractivity (Wildman–Crippen MR) is 37.9 cm³/mol. The molecule has 10 heavy (non-hydrogen) atoms. The average Bonchev–Trinajstić information content (AvgIpc) is 2.35. The molecule has 2 aliphatic heterocycles. The third-order valence-electron chi connectivity index (χ3n) is 2.45. The van der Waals surface area contributed by atoms with Crippen LogP contribution in [-0.4, -0.2) is 24.9 Å². The SMILES string of the molecule is C[C@H]1CC2OC[C@H](C)[C@H]2O1. The van der Waals surface area contributed by atoms with Crippen LogP contribution in [0, 0.1) is 5.92 Å². The highest BCUT2D eigenvalue weighted by Gasteiger charge is 2.42. The summed E-state index contributed by atoms with van der Waals surface area (Å²) in [5.41, 5.74) is 0. The Labute approximate surface area is 61.5 Å². The summed E-state index contributed by atoms with van der Waals surface area (Å²) in [6.07, 6.45) is 2.31. The molecule has 2 heterocycles. The molecule has 4 atom stereocenters. The van der Waals surface area contributed by atoms with E-state index in [1.807, 2.05) is 0 Å². The zero-order valence-electron chi connectivity index (χ0n) is 6.54. The summed E-state index contributed by atoms with van der Waals surface area (Å²) in [6.45, 7) is 5.21. The average molecular weight is 142 g/mol. The fourth-order valence-corrected chi connectivity index (χ4v) is 1.91. The van der Waals surface area contributed by atoms with Crippen LogP contribution in [0.1, 0.15) is 20.3 Å². The number of hydrogen-bond acceptors (Lipinski definition) is 2. The first-order valence-corrected chi connectivity index (χ1v) is 4.04. The molecule has 2 rings (SSSR count). The molecule has 0 amide bonds. The van der Waals surface area contributed by atoms with E-state index in [0.29, 0.717) is 24.2 Å². The van der Waals surface area contributed by atoms with E-state index in [9.17, 15) is 0 Å². The normalized spacial score (nSPS) is 53.4. The maximum absolute atomic E-state index is 5.67. The van der Waals surface area contributed by atoms with Gasteiger partial charge in [0.1, 0.15) is 0 Å². The number of fused-ring (bicyclic) bond motifs is 1. The van der Waals surface area contributed by atoms with E-state index in [4.69, 9.17) is 9.47 Å². The van der Waals surface area contributed by atoms with E-state index in [1.54, 1.807) is 0 Å². The molecule has 1 unspecified atom stereocenters. The largest absolute Gasteiger partial charge is 0.375 e. The first-order chi connectivity index (χ1) is 4.77. The van der Waals surface area contributed by atoms with Crippen molar-refractivity contribution in [3.63, 3.8) is 0 Å². The topological polar surface area (TPSA) is 18.5 Å². The summed E-state index contributed by atoms with van der Waals surface area (Å²) >= 11 is 0. The van der Waals surface area contributed by atoms with Crippen molar-refractivity contribution in [1.29, 1.82) is 0 Å². The number of ether oxygens (including phenoxy) is 2. The van der Waals surface area contributed by atoms with Gasteiger partial charge in [-0.2, -0.15) is 0 Å². The van der Waals surface area contributed by atoms with Gasteiger partial charge in [-0.15, -0.1) is 0 Å². The molecular weight excluding hydrogens is 128 g/mol. The fraction of sp³-hybridized carbons (Fsp3) is 1.00. The first-order valence-electron chi connectivity index (χ1n) is 4.04. The Bertz CT molecular complexity index is 135. The molecule has 0 aliphatic carbocycles. The number of hydrogen-bond donors (Lipinski definition) is 0. The Hall–Kier alpha value is -0.0800. The highest BCUT2D eigenvalue weighted by molar-refractivity contribution is 4.89. The molecule has 0 aromatic carbocycles. The number of rotatable bonds is 0. The molecule has 2 nitrogen and oxygen atoms in total. The molecule has 0 aromatic rings. The highest BCUT2D eigenvalue weighted by Crippen LogP contribution is 2.33. The van der Waals surface area contributed by atoms with Gasteiger partial charge in [-0.1, -0.05) is 6.92 Å². The summed E-state index contributed by atoms with van der Waals surface area (Å²) in [7, 11) is 0. The Morgan fingerprint density at radius 1 is 1.30 bits per heavy atom. The molecule has 58 valence electrons. The molecule has 0 saturated carbocycles. The Balaban J connectivity index is 2.05. The van der Waals surface area contributed by atoms with Crippen LogP contribution in [0.2, 0.25) is 0 Å². The Kier molecular flexibility index (Phi) is 1.46. The van der Waals surface area contributed by atoms with Crippen LogP contribution in [0.3, 0.4) is 0 Å². The van der Waals surface area contributed by atoms with Crippen LogP contribution < -0.4 is 0 Å². The molecular formula is C8H14O2. The van der Waals surface area contributed by atoms with Gasteiger partial charge in [0, 0.05) is 12.3 Å². The summed E-state index contributed by atoms with van der Waals surface area (Å²) in [6, 6.07) is 0. The molecule has 2 fully saturated rings. The van der Waals surface area contributed by atoms with Crippen LogP contribution in [0.25, 0.3) is 0 Å². The van der Waals surface area contributed by atoms with Gasteiger partial charge in [0.25, 0.3) is 0 Å². The fourth-order valence-electron chi connectivity index (χ4n) is 1.91. The van der Waals surface area contributed by atoms with Crippen molar-refractivity contribution in [3.8, 4) is 0 Å². The summed E-state index contributed by atoms with van der Waals surface area (Å²) in [5.74, 6) is 0.606. The maximum atomic E-state index is 5.67. The monoisotopic (exact) mass is 142 g/mol. The second-order valence-electron chi connectivity index (χ2n) is 3.50. The zero-order chi connectivity index (χ0) is 7.14. The van der Waals surface area contributed by atoms with Crippen molar-refractivity contribution in [3.05, 3.63) is 0 Å². The second-order valence-corrected chi connectivity index (χ2v) is 3.50. The van der Waals surface area contributed by atoms with Crippen LogP contribution in [0.15, 0.2) is 0 Å². The van der Waals surface area contributed by atoms with E-state index in [1.165, 1.54) is 0 Å². The standard InChI is InChI=1S/C8H14O2/c1-5-4-9-7-3-6(2)10-8(5)7/h5-8H,3-4H2,1-2H3/t5-,6-,7?,8+/m0/s1. The van der Waals surface area contributed by atoms with Gasteiger partial charge < -0.3 is 9.47 Å². The lowest BCUT2D eigenvalue weighted by molar-refractivity contribution is 0.0309. The third-order valence-corrected chi connectivity index (χ3v) is 2.45.